The zero-order chi connectivity index (χ0) is 9.40. The molecule has 2 unspecified atom stereocenters. The van der Waals surface area contributed by atoms with Gasteiger partial charge in [0.2, 0.25) is 0 Å². The predicted molar refractivity (Wildman–Crippen MR) is 57.9 cm³/mol. The van der Waals surface area contributed by atoms with Gasteiger partial charge in [0.05, 0.1) is 0 Å². The summed E-state index contributed by atoms with van der Waals surface area (Å²) in [5.74, 6) is 0.835. The van der Waals surface area contributed by atoms with Gasteiger partial charge in [-0.2, -0.15) is 0 Å². The van der Waals surface area contributed by atoms with Crippen molar-refractivity contribution in [3.8, 4) is 0 Å². The number of hydrogen-bond acceptors (Lipinski definition) is 1. The van der Waals surface area contributed by atoms with Crippen LogP contribution < -0.4 is 0 Å². The van der Waals surface area contributed by atoms with Crippen LogP contribution in [0.15, 0.2) is 0 Å². The van der Waals surface area contributed by atoms with Crippen LogP contribution in [0.25, 0.3) is 0 Å². The van der Waals surface area contributed by atoms with Crippen LogP contribution in [-0.4, -0.2) is 18.5 Å². The molecule has 0 aromatic rings. The average Bonchev–Trinajstić information content (AvgIpc) is 2.04. The minimum atomic E-state index is 0.657. The zero-order valence-corrected chi connectivity index (χ0v) is 10.1. The molecule has 0 aromatic carbocycles. The highest BCUT2D eigenvalue weighted by atomic mass is 79.9. The van der Waals surface area contributed by atoms with Crippen molar-refractivity contribution >= 4 is 15.9 Å². The van der Waals surface area contributed by atoms with E-state index in [-0.39, 0.29) is 0 Å². The van der Waals surface area contributed by atoms with Crippen molar-refractivity contribution in [2.75, 3.05) is 13.7 Å². The van der Waals surface area contributed by atoms with Crippen molar-refractivity contribution in [2.45, 2.75) is 44.4 Å². The zero-order valence-electron chi connectivity index (χ0n) is 8.48. The van der Waals surface area contributed by atoms with Gasteiger partial charge in [-0.3, -0.25) is 0 Å². The quantitative estimate of drug-likeness (QED) is 0.485. The van der Waals surface area contributed by atoms with Gasteiger partial charge < -0.3 is 4.74 Å². The van der Waals surface area contributed by atoms with E-state index < -0.39 is 0 Å². The third kappa shape index (κ3) is 6.01. The van der Waals surface area contributed by atoms with Crippen molar-refractivity contribution < 1.29 is 4.74 Å². The van der Waals surface area contributed by atoms with E-state index in [1.54, 1.807) is 7.11 Å². The van der Waals surface area contributed by atoms with Crippen LogP contribution in [0.5, 0.6) is 0 Å². The summed E-state index contributed by atoms with van der Waals surface area (Å²) in [6.07, 6.45) is 5.10. The lowest BCUT2D eigenvalue weighted by Gasteiger charge is -2.16. The number of rotatable bonds is 7. The van der Waals surface area contributed by atoms with Gasteiger partial charge in [0.15, 0.2) is 0 Å². The second-order valence-electron chi connectivity index (χ2n) is 3.33. The fourth-order valence-electron chi connectivity index (χ4n) is 1.41. The number of methoxy groups -OCH3 is 1. The Morgan fingerprint density at radius 2 is 2.00 bits per heavy atom. The Morgan fingerprint density at radius 1 is 1.33 bits per heavy atom. The van der Waals surface area contributed by atoms with Crippen LogP contribution in [0.1, 0.15) is 39.5 Å². The first kappa shape index (κ1) is 12.4. The minimum Gasteiger partial charge on any atom is -0.385 e. The number of hydrogen-bond donors (Lipinski definition) is 0. The number of halogens is 1. The maximum absolute atomic E-state index is 5.01. The highest BCUT2D eigenvalue weighted by molar-refractivity contribution is 9.09. The predicted octanol–water partition coefficient (Wildman–Crippen LogP) is 3.61. The molecule has 0 saturated heterocycles. The molecule has 1 nitrogen and oxygen atoms in total. The monoisotopic (exact) mass is 236 g/mol. The summed E-state index contributed by atoms with van der Waals surface area (Å²) in [4.78, 5) is 0.657. The lowest BCUT2D eigenvalue weighted by molar-refractivity contribution is 0.190. The fraction of sp³-hybridized carbons (Fsp3) is 1.00. The topological polar surface area (TPSA) is 9.23 Å². The van der Waals surface area contributed by atoms with Crippen LogP contribution in [0, 0.1) is 5.92 Å². The van der Waals surface area contributed by atoms with E-state index in [1.807, 2.05) is 0 Å². The molecular formula is C10H21BrO. The molecule has 0 saturated carbocycles. The maximum Gasteiger partial charge on any atom is 0.0462 e. The molecule has 0 fully saturated rings. The van der Waals surface area contributed by atoms with E-state index in [1.165, 1.54) is 25.7 Å². The van der Waals surface area contributed by atoms with Gasteiger partial charge >= 0.3 is 0 Å². The summed E-state index contributed by atoms with van der Waals surface area (Å²) in [5, 5.41) is 0. The third-order valence-electron chi connectivity index (χ3n) is 2.35. The molecule has 0 N–H and O–H groups in total. The molecule has 0 spiro atoms. The summed E-state index contributed by atoms with van der Waals surface area (Å²) in [7, 11) is 1.77. The molecular weight excluding hydrogens is 216 g/mol. The van der Waals surface area contributed by atoms with Crippen LogP contribution in [0.4, 0.5) is 0 Å². The van der Waals surface area contributed by atoms with Crippen molar-refractivity contribution in [1.82, 2.24) is 0 Å². The molecule has 0 aliphatic rings. The van der Waals surface area contributed by atoms with Crippen molar-refractivity contribution in [2.24, 2.45) is 5.92 Å². The Labute approximate surface area is 85.0 Å². The molecule has 12 heavy (non-hydrogen) atoms. The highest BCUT2D eigenvalue weighted by Crippen LogP contribution is 2.21. The Kier molecular flexibility index (Phi) is 8.35. The number of unbranched alkanes of at least 4 members (excludes halogenated alkanes) is 1. The van der Waals surface area contributed by atoms with Gasteiger partial charge in [0.25, 0.3) is 0 Å². The van der Waals surface area contributed by atoms with Crippen LogP contribution in [-0.2, 0) is 4.74 Å². The van der Waals surface area contributed by atoms with E-state index in [4.69, 9.17) is 4.74 Å². The van der Waals surface area contributed by atoms with E-state index in [0.29, 0.717) is 4.83 Å². The minimum absolute atomic E-state index is 0.657. The molecule has 0 amide bonds. The molecule has 0 aliphatic heterocycles. The van der Waals surface area contributed by atoms with Crippen molar-refractivity contribution in [3.05, 3.63) is 0 Å². The normalized spacial score (nSPS) is 16.0. The molecule has 0 radical (unpaired) electrons. The Hall–Kier alpha value is 0.440. The van der Waals surface area contributed by atoms with Crippen molar-refractivity contribution in [3.63, 3.8) is 0 Å². The summed E-state index contributed by atoms with van der Waals surface area (Å²) in [6.45, 7) is 5.41. The maximum atomic E-state index is 5.01. The van der Waals surface area contributed by atoms with Gasteiger partial charge in [-0.15, -0.1) is 0 Å². The molecule has 2 heteroatoms. The van der Waals surface area contributed by atoms with Gasteiger partial charge in [-0.25, -0.2) is 0 Å². The van der Waals surface area contributed by atoms with Gasteiger partial charge in [0.1, 0.15) is 0 Å². The average molecular weight is 237 g/mol. The molecule has 0 aliphatic carbocycles. The van der Waals surface area contributed by atoms with Crippen LogP contribution in [0.2, 0.25) is 0 Å². The van der Waals surface area contributed by atoms with Gasteiger partial charge in [-0.1, -0.05) is 42.6 Å². The Bertz CT molecular complexity index is 93.8. The second-order valence-corrected chi connectivity index (χ2v) is 4.78. The molecule has 2 atom stereocenters. The first-order chi connectivity index (χ1) is 5.72. The lowest BCUT2D eigenvalue weighted by atomic mass is 9.97. The van der Waals surface area contributed by atoms with E-state index in [0.717, 1.165) is 12.5 Å². The largest absolute Gasteiger partial charge is 0.385 e. The molecule has 74 valence electrons. The molecule has 0 heterocycles. The van der Waals surface area contributed by atoms with Crippen molar-refractivity contribution in [1.29, 1.82) is 0 Å². The fourth-order valence-corrected chi connectivity index (χ4v) is 2.05. The third-order valence-corrected chi connectivity index (χ3v) is 3.09. The van der Waals surface area contributed by atoms with Crippen LogP contribution >= 0.6 is 15.9 Å². The Morgan fingerprint density at radius 3 is 2.42 bits per heavy atom. The second kappa shape index (κ2) is 8.06. The smallest absolute Gasteiger partial charge is 0.0462 e. The SMILES string of the molecule is CCC(CCCCOC)C(C)Br. The summed E-state index contributed by atoms with van der Waals surface area (Å²) >= 11 is 3.64. The molecule has 0 rings (SSSR count). The Balaban J connectivity index is 3.32. The first-order valence-electron chi connectivity index (χ1n) is 4.85. The summed E-state index contributed by atoms with van der Waals surface area (Å²) in [5.41, 5.74) is 0. The summed E-state index contributed by atoms with van der Waals surface area (Å²) in [6, 6.07) is 0. The lowest BCUT2D eigenvalue weighted by Crippen LogP contribution is -2.09. The van der Waals surface area contributed by atoms with Gasteiger partial charge in [0, 0.05) is 18.5 Å². The number of ether oxygens (including phenoxy) is 1. The highest BCUT2D eigenvalue weighted by Gasteiger charge is 2.11. The molecule has 0 bridgehead atoms. The van der Waals surface area contributed by atoms with E-state index in [9.17, 15) is 0 Å². The van der Waals surface area contributed by atoms with E-state index in [2.05, 4.69) is 29.8 Å². The summed E-state index contributed by atoms with van der Waals surface area (Å²) < 4.78 is 5.01. The molecule has 0 aromatic heterocycles. The van der Waals surface area contributed by atoms with E-state index >= 15 is 0 Å². The van der Waals surface area contributed by atoms with Crippen LogP contribution in [0.3, 0.4) is 0 Å². The number of alkyl halides is 1. The standard InChI is InChI=1S/C10H21BrO/c1-4-10(9(2)11)7-5-6-8-12-3/h9-10H,4-8H2,1-3H3. The first-order valence-corrected chi connectivity index (χ1v) is 5.77. The van der Waals surface area contributed by atoms with Gasteiger partial charge in [-0.05, 0) is 18.8 Å².